The number of anilines is 2. The number of ether oxygens (including phenoxy) is 1. The number of nitrogen functional groups attached to an aromatic ring is 1. The minimum atomic E-state index is -0.129. The third-order valence-corrected chi connectivity index (χ3v) is 5.09. The van der Waals surface area contributed by atoms with Crippen molar-refractivity contribution in [1.82, 2.24) is 0 Å². The maximum absolute atomic E-state index is 14.1. The van der Waals surface area contributed by atoms with Gasteiger partial charge in [0.2, 0.25) is 0 Å². The van der Waals surface area contributed by atoms with E-state index in [0.29, 0.717) is 12.0 Å². The number of hydrogen-bond acceptors (Lipinski definition) is 3. The fraction of sp³-hybridized carbons (Fsp3) is 0.368. The molecule has 0 amide bonds. The molecule has 4 rings (SSSR count). The quantitative estimate of drug-likeness (QED) is 0.875. The SMILES string of the molecule is Nc1ccc(OC2CCC3CC2CN3c2ccccc2F)cc1. The number of nitrogens with zero attached hydrogens (tertiary/aromatic N) is 1. The van der Waals surface area contributed by atoms with Gasteiger partial charge >= 0.3 is 0 Å². The molecule has 2 aromatic carbocycles. The topological polar surface area (TPSA) is 38.5 Å². The highest BCUT2D eigenvalue weighted by Gasteiger charge is 2.42. The molecule has 2 aromatic rings. The summed E-state index contributed by atoms with van der Waals surface area (Å²) >= 11 is 0. The second-order valence-corrected chi connectivity index (χ2v) is 6.56. The molecular weight excluding hydrogens is 291 g/mol. The number of rotatable bonds is 3. The molecule has 3 nitrogen and oxygen atoms in total. The van der Waals surface area contributed by atoms with E-state index in [0.717, 1.165) is 42.9 Å². The van der Waals surface area contributed by atoms with Gasteiger partial charge in [-0.25, -0.2) is 4.39 Å². The first-order chi connectivity index (χ1) is 11.2. The van der Waals surface area contributed by atoms with Gasteiger partial charge in [-0.3, -0.25) is 0 Å². The largest absolute Gasteiger partial charge is 0.490 e. The molecule has 1 saturated carbocycles. The van der Waals surface area contributed by atoms with Crippen LogP contribution in [0.1, 0.15) is 19.3 Å². The maximum Gasteiger partial charge on any atom is 0.146 e. The minimum Gasteiger partial charge on any atom is -0.490 e. The van der Waals surface area contributed by atoms with Gasteiger partial charge in [-0.15, -0.1) is 0 Å². The summed E-state index contributed by atoms with van der Waals surface area (Å²) in [6.07, 6.45) is 3.34. The monoisotopic (exact) mass is 312 g/mol. The van der Waals surface area contributed by atoms with Gasteiger partial charge in [0.05, 0.1) is 5.69 Å². The van der Waals surface area contributed by atoms with E-state index in [9.17, 15) is 4.39 Å². The number of halogens is 1. The van der Waals surface area contributed by atoms with Crippen LogP contribution in [0.25, 0.3) is 0 Å². The molecule has 120 valence electrons. The molecule has 2 bridgehead atoms. The zero-order valence-corrected chi connectivity index (χ0v) is 13.0. The number of nitrogens with two attached hydrogens (primary N) is 1. The van der Waals surface area contributed by atoms with Gasteiger partial charge in [0, 0.05) is 24.2 Å². The van der Waals surface area contributed by atoms with Crippen molar-refractivity contribution in [3.8, 4) is 5.75 Å². The zero-order valence-electron chi connectivity index (χ0n) is 13.0. The Morgan fingerprint density at radius 2 is 1.83 bits per heavy atom. The van der Waals surface area contributed by atoms with Gasteiger partial charge in [-0.05, 0) is 55.7 Å². The standard InChI is InChI=1S/C19H21FN2O/c20-17-3-1-2-4-18(17)22-12-13-11-15(22)7-10-19(13)23-16-8-5-14(21)6-9-16/h1-6,8-9,13,15,19H,7,10-12,21H2. The van der Waals surface area contributed by atoms with Gasteiger partial charge in [-0.1, -0.05) is 12.1 Å². The van der Waals surface area contributed by atoms with Crippen LogP contribution in [0.15, 0.2) is 48.5 Å². The molecule has 2 aliphatic rings. The molecule has 2 fully saturated rings. The summed E-state index contributed by atoms with van der Waals surface area (Å²) in [6.45, 7) is 0.866. The summed E-state index contributed by atoms with van der Waals surface area (Å²) in [5.41, 5.74) is 7.19. The summed E-state index contributed by atoms with van der Waals surface area (Å²) in [6, 6.07) is 15.1. The van der Waals surface area contributed by atoms with Crippen molar-refractivity contribution in [3.63, 3.8) is 0 Å². The van der Waals surface area contributed by atoms with Gasteiger partial charge in [0.1, 0.15) is 17.7 Å². The Morgan fingerprint density at radius 1 is 1.04 bits per heavy atom. The Hall–Kier alpha value is -2.23. The summed E-state index contributed by atoms with van der Waals surface area (Å²) in [4.78, 5) is 2.23. The third kappa shape index (κ3) is 2.74. The Kier molecular flexibility index (Phi) is 3.60. The first-order valence-corrected chi connectivity index (χ1v) is 8.24. The lowest BCUT2D eigenvalue weighted by Crippen LogP contribution is -2.32. The van der Waals surface area contributed by atoms with Crippen LogP contribution in [0.4, 0.5) is 15.8 Å². The first-order valence-electron chi connectivity index (χ1n) is 8.24. The number of fused-ring (bicyclic) bond motifs is 2. The van der Waals surface area contributed by atoms with Crippen LogP contribution < -0.4 is 15.4 Å². The van der Waals surface area contributed by atoms with E-state index in [2.05, 4.69) is 4.90 Å². The molecule has 0 aromatic heterocycles. The molecule has 1 aliphatic carbocycles. The lowest BCUT2D eigenvalue weighted by molar-refractivity contribution is 0.113. The van der Waals surface area contributed by atoms with Crippen LogP contribution in [-0.2, 0) is 0 Å². The average molecular weight is 312 g/mol. The van der Waals surface area contributed by atoms with Crippen LogP contribution in [0.3, 0.4) is 0 Å². The number of benzene rings is 2. The molecular formula is C19H21FN2O. The normalized spacial score (nSPS) is 26.3. The van der Waals surface area contributed by atoms with Crippen molar-refractivity contribution in [2.75, 3.05) is 17.2 Å². The van der Waals surface area contributed by atoms with E-state index < -0.39 is 0 Å². The Balaban J connectivity index is 1.49. The second kappa shape index (κ2) is 5.76. The molecule has 3 atom stereocenters. The first kappa shape index (κ1) is 14.4. The van der Waals surface area contributed by atoms with Crippen LogP contribution >= 0.6 is 0 Å². The van der Waals surface area contributed by atoms with E-state index >= 15 is 0 Å². The lowest BCUT2D eigenvalue weighted by Gasteiger charge is -2.29. The highest BCUT2D eigenvalue weighted by atomic mass is 19.1. The van der Waals surface area contributed by atoms with Gasteiger partial charge in [0.25, 0.3) is 0 Å². The van der Waals surface area contributed by atoms with Crippen LogP contribution in [0.2, 0.25) is 0 Å². The smallest absolute Gasteiger partial charge is 0.146 e. The van der Waals surface area contributed by atoms with E-state index in [1.54, 1.807) is 12.1 Å². The third-order valence-electron chi connectivity index (χ3n) is 5.09. The van der Waals surface area contributed by atoms with E-state index in [1.165, 1.54) is 0 Å². The summed E-state index contributed by atoms with van der Waals surface area (Å²) in [5, 5.41) is 0. The highest BCUT2D eigenvalue weighted by Crippen LogP contribution is 2.40. The molecule has 1 heterocycles. The molecule has 23 heavy (non-hydrogen) atoms. The molecule has 4 heteroatoms. The van der Waals surface area contributed by atoms with E-state index in [4.69, 9.17) is 10.5 Å². The van der Waals surface area contributed by atoms with Crippen molar-refractivity contribution >= 4 is 11.4 Å². The van der Waals surface area contributed by atoms with Crippen molar-refractivity contribution in [3.05, 3.63) is 54.3 Å². The van der Waals surface area contributed by atoms with Crippen molar-refractivity contribution in [2.24, 2.45) is 5.92 Å². The zero-order chi connectivity index (χ0) is 15.8. The summed E-state index contributed by atoms with van der Waals surface area (Å²) in [5.74, 6) is 1.19. The van der Waals surface area contributed by atoms with Crippen LogP contribution in [0, 0.1) is 11.7 Å². The van der Waals surface area contributed by atoms with Gasteiger partial charge in [0.15, 0.2) is 0 Å². The minimum absolute atomic E-state index is 0.129. The predicted molar refractivity (Wildman–Crippen MR) is 90.1 cm³/mol. The second-order valence-electron chi connectivity index (χ2n) is 6.56. The molecule has 0 spiro atoms. The molecule has 3 unspecified atom stereocenters. The summed E-state index contributed by atoms with van der Waals surface area (Å²) < 4.78 is 20.3. The van der Waals surface area contributed by atoms with Crippen molar-refractivity contribution < 1.29 is 9.13 Å². The fourth-order valence-corrected chi connectivity index (χ4v) is 3.94. The van der Waals surface area contributed by atoms with E-state index in [1.807, 2.05) is 36.4 Å². The Morgan fingerprint density at radius 3 is 2.61 bits per heavy atom. The molecule has 1 aliphatic heterocycles. The molecule has 2 N–H and O–H groups in total. The van der Waals surface area contributed by atoms with Gasteiger partial charge in [-0.2, -0.15) is 0 Å². The van der Waals surface area contributed by atoms with Crippen LogP contribution in [-0.4, -0.2) is 18.7 Å². The maximum atomic E-state index is 14.1. The van der Waals surface area contributed by atoms with Crippen LogP contribution in [0.5, 0.6) is 5.75 Å². The molecule has 1 saturated heterocycles. The van der Waals surface area contributed by atoms with Crippen molar-refractivity contribution in [1.29, 1.82) is 0 Å². The number of para-hydroxylation sites is 1. The van der Waals surface area contributed by atoms with Gasteiger partial charge < -0.3 is 15.4 Å². The average Bonchev–Trinajstić information content (AvgIpc) is 2.90. The Bertz CT molecular complexity index is 688. The predicted octanol–water partition coefficient (Wildman–Crippen LogP) is 3.84. The number of hydrogen-bond donors (Lipinski definition) is 1. The summed E-state index contributed by atoms with van der Waals surface area (Å²) in [7, 11) is 0. The Labute approximate surface area is 135 Å². The van der Waals surface area contributed by atoms with Crippen molar-refractivity contribution in [2.45, 2.75) is 31.4 Å². The molecule has 0 radical (unpaired) electrons. The van der Waals surface area contributed by atoms with E-state index in [-0.39, 0.29) is 11.9 Å². The fourth-order valence-electron chi connectivity index (χ4n) is 3.94. The highest BCUT2D eigenvalue weighted by molar-refractivity contribution is 5.50. The lowest BCUT2D eigenvalue weighted by atomic mass is 9.87.